The Balaban J connectivity index is 2.17. The Labute approximate surface area is 112 Å². The van der Waals surface area contributed by atoms with E-state index < -0.39 is 0 Å². The van der Waals surface area contributed by atoms with Crippen molar-refractivity contribution in [2.45, 2.75) is 57.8 Å². The van der Waals surface area contributed by atoms with E-state index in [1.165, 1.54) is 38.5 Å². The number of fused-ring (bicyclic) bond motifs is 1. The van der Waals surface area contributed by atoms with Crippen molar-refractivity contribution in [1.29, 1.82) is 0 Å². The van der Waals surface area contributed by atoms with Gasteiger partial charge in [0.25, 0.3) is 0 Å². The first-order valence-electron chi connectivity index (χ1n) is 7.46. The van der Waals surface area contributed by atoms with E-state index in [4.69, 9.17) is 5.73 Å². The second-order valence-electron chi connectivity index (χ2n) is 6.28. The Morgan fingerprint density at radius 2 is 2.06 bits per heavy atom. The summed E-state index contributed by atoms with van der Waals surface area (Å²) in [6, 6.07) is 8.95. The third-order valence-corrected chi connectivity index (χ3v) is 4.52. The molecule has 0 bridgehead atoms. The van der Waals surface area contributed by atoms with Crippen molar-refractivity contribution in [3.8, 4) is 0 Å². The minimum Gasteiger partial charge on any atom is -0.330 e. The van der Waals surface area contributed by atoms with Crippen molar-refractivity contribution in [3.63, 3.8) is 0 Å². The van der Waals surface area contributed by atoms with Crippen LogP contribution in [-0.4, -0.2) is 6.54 Å². The van der Waals surface area contributed by atoms with E-state index in [9.17, 15) is 0 Å². The van der Waals surface area contributed by atoms with E-state index >= 15 is 0 Å². The highest BCUT2D eigenvalue weighted by molar-refractivity contribution is 5.37. The molecule has 0 amide bonds. The van der Waals surface area contributed by atoms with Gasteiger partial charge in [0.15, 0.2) is 0 Å². The zero-order valence-electron chi connectivity index (χ0n) is 11.9. The summed E-state index contributed by atoms with van der Waals surface area (Å²) in [6.07, 6.45) is 7.71. The number of aryl methyl sites for hydroxylation is 1. The van der Waals surface area contributed by atoms with Gasteiger partial charge in [-0.2, -0.15) is 0 Å². The van der Waals surface area contributed by atoms with Crippen molar-refractivity contribution in [3.05, 3.63) is 35.4 Å². The van der Waals surface area contributed by atoms with Crippen molar-refractivity contribution < 1.29 is 0 Å². The van der Waals surface area contributed by atoms with Crippen LogP contribution in [0.1, 0.15) is 57.1 Å². The first kappa shape index (κ1) is 13.6. The summed E-state index contributed by atoms with van der Waals surface area (Å²) in [5.41, 5.74) is 9.52. The molecule has 18 heavy (non-hydrogen) atoms. The number of hydrogen-bond donors (Lipinski definition) is 1. The van der Waals surface area contributed by atoms with Gasteiger partial charge in [-0.1, -0.05) is 51.0 Å². The maximum absolute atomic E-state index is 6.17. The first-order valence-corrected chi connectivity index (χ1v) is 7.46. The fraction of sp³-hybridized carbons (Fsp3) is 0.647. The summed E-state index contributed by atoms with van der Waals surface area (Å²) in [5, 5.41) is 0. The van der Waals surface area contributed by atoms with Crippen LogP contribution >= 0.6 is 0 Å². The monoisotopic (exact) mass is 245 g/mol. The van der Waals surface area contributed by atoms with Crippen molar-refractivity contribution in [2.75, 3.05) is 6.54 Å². The molecule has 2 N–H and O–H groups in total. The summed E-state index contributed by atoms with van der Waals surface area (Å²) in [5.74, 6) is 0.804. The van der Waals surface area contributed by atoms with E-state index in [0.717, 1.165) is 12.5 Å². The molecule has 2 rings (SSSR count). The first-order chi connectivity index (χ1) is 8.68. The lowest BCUT2D eigenvalue weighted by Crippen LogP contribution is -2.38. The maximum Gasteiger partial charge on any atom is 0.00784 e. The van der Waals surface area contributed by atoms with Crippen LogP contribution in [0.4, 0.5) is 0 Å². The van der Waals surface area contributed by atoms with Gasteiger partial charge in [0.05, 0.1) is 0 Å². The lowest BCUT2D eigenvalue weighted by molar-refractivity contribution is 0.323. The van der Waals surface area contributed by atoms with Gasteiger partial charge in [-0.25, -0.2) is 0 Å². The molecule has 1 aliphatic rings. The minimum atomic E-state index is 0.268. The molecule has 100 valence electrons. The molecule has 0 radical (unpaired) electrons. The average molecular weight is 245 g/mol. The van der Waals surface area contributed by atoms with Gasteiger partial charge in [0.2, 0.25) is 0 Å². The Morgan fingerprint density at radius 1 is 1.28 bits per heavy atom. The summed E-state index contributed by atoms with van der Waals surface area (Å²) in [7, 11) is 0. The van der Waals surface area contributed by atoms with E-state index in [-0.39, 0.29) is 5.41 Å². The summed E-state index contributed by atoms with van der Waals surface area (Å²) < 4.78 is 0. The van der Waals surface area contributed by atoms with Gasteiger partial charge < -0.3 is 5.73 Å². The number of nitrogens with two attached hydrogens (primary N) is 1. The molecule has 1 heteroatoms. The molecular weight excluding hydrogens is 218 g/mol. The molecule has 0 saturated carbocycles. The predicted octanol–water partition coefficient (Wildman–Crippen LogP) is 4.05. The van der Waals surface area contributed by atoms with Gasteiger partial charge in [-0.15, -0.1) is 0 Å². The quantitative estimate of drug-likeness (QED) is 0.832. The van der Waals surface area contributed by atoms with Gasteiger partial charge in [-0.05, 0) is 42.7 Å². The lowest BCUT2D eigenvalue weighted by atomic mass is 9.67. The van der Waals surface area contributed by atoms with Crippen LogP contribution in [0.15, 0.2) is 24.3 Å². The van der Waals surface area contributed by atoms with E-state index in [1.54, 1.807) is 11.1 Å². The van der Waals surface area contributed by atoms with Crippen LogP contribution in [0.3, 0.4) is 0 Å². The molecule has 1 aromatic carbocycles. The fourth-order valence-electron chi connectivity index (χ4n) is 3.43. The summed E-state index contributed by atoms with van der Waals surface area (Å²) in [4.78, 5) is 0. The third kappa shape index (κ3) is 2.77. The van der Waals surface area contributed by atoms with Crippen molar-refractivity contribution >= 4 is 0 Å². The molecule has 0 fully saturated rings. The van der Waals surface area contributed by atoms with Crippen LogP contribution in [0.5, 0.6) is 0 Å². The Kier molecular flexibility index (Phi) is 4.45. The largest absolute Gasteiger partial charge is 0.330 e. The molecule has 1 unspecified atom stereocenters. The normalized spacial score (nSPS) is 23.1. The smallest absolute Gasteiger partial charge is 0.00784 e. The van der Waals surface area contributed by atoms with Crippen LogP contribution < -0.4 is 5.73 Å². The van der Waals surface area contributed by atoms with Gasteiger partial charge in [0.1, 0.15) is 0 Å². The van der Waals surface area contributed by atoms with Crippen molar-refractivity contribution in [1.82, 2.24) is 0 Å². The third-order valence-electron chi connectivity index (χ3n) is 4.52. The van der Waals surface area contributed by atoms with Gasteiger partial charge in [0, 0.05) is 12.0 Å². The average Bonchev–Trinajstić information content (AvgIpc) is 2.38. The van der Waals surface area contributed by atoms with E-state index in [1.807, 2.05) is 0 Å². The molecule has 0 heterocycles. The molecule has 1 nitrogen and oxygen atoms in total. The Bertz CT molecular complexity index is 383. The fourth-order valence-corrected chi connectivity index (χ4v) is 3.43. The molecule has 1 atom stereocenters. The molecule has 0 saturated heterocycles. The SMILES string of the molecule is CC(C)CCCC1(CN)CCCc2ccccc21. The molecule has 0 aliphatic heterocycles. The lowest BCUT2D eigenvalue weighted by Gasteiger charge is -2.39. The van der Waals surface area contributed by atoms with Gasteiger partial charge in [-0.3, -0.25) is 0 Å². The molecule has 0 aromatic heterocycles. The topological polar surface area (TPSA) is 26.0 Å². The molecule has 1 aromatic rings. The summed E-state index contributed by atoms with van der Waals surface area (Å²) >= 11 is 0. The molecular formula is C17H27N. The van der Waals surface area contributed by atoms with Crippen LogP contribution in [0.25, 0.3) is 0 Å². The second-order valence-corrected chi connectivity index (χ2v) is 6.28. The maximum atomic E-state index is 6.17. The van der Waals surface area contributed by atoms with Crippen molar-refractivity contribution in [2.24, 2.45) is 11.7 Å². The van der Waals surface area contributed by atoms with Crippen LogP contribution in [-0.2, 0) is 11.8 Å². The molecule has 0 spiro atoms. The minimum absolute atomic E-state index is 0.268. The highest BCUT2D eigenvalue weighted by atomic mass is 14.6. The summed E-state index contributed by atoms with van der Waals surface area (Å²) in [6.45, 7) is 5.43. The zero-order chi connectivity index (χ0) is 13.0. The number of benzene rings is 1. The molecule has 1 aliphatic carbocycles. The Hall–Kier alpha value is -0.820. The van der Waals surface area contributed by atoms with Crippen LogP contribution in [0, 0.1) is 5.92 Å². The van der Waals surface area contributed by atoms with E-state index in [2.05, 4.69) is 38.1 Å². The van der Waals surface area contributed by atoms with Gasteiger partial charge >= 0.3 is 0 Å². The number of rotatable bonds is 5. The Morgan fingerprint density at radius 3 is 2.78 bits per heavy atom. The standard InChI is InChI=1S/C17H27N/c1-14(2)7-5-11-17(13-18)12-6-9-15-8-3-4-10-16(15)17/h3-4,8,10,14H,5-7,9,11-13,18H2,1-2H3. The zero-order valence-corrected chi connectivity index (χ0v) is 11.9. The second kappa shape index (κ2) is 5.88. The van der Waals surface area contributed by atoms with E-state index in [0.29, 0.717) is 0 Å². The van der Waals surface area contributed by atoms with Crippen LogP contribution in [0.2, 0.25) is 0 Å². The highest BCUT2D eigenvalue weighted by Gasteiger charge is 2.34. The number of hydrogen-bond acceptors (Lipinski definition) is 1. The predicted molar refractivity (Wildman–Crippen MR) is 78.8 cm³/mol. The highest BCUT2D eigenvalue weighted by Crippen LogP contribution is 2.40.